The van der Waals surface area contributed by atoms with E-state index >= 15 is 0 Å². The number of nitrogens with two attached hydrogens (primary N) is 1. The van der Waals surface area contributed by atoms with Crippen LogP contribution in [0, 0.1) is 4.91 Å². The summed E-state index contributed by atoms with van der Waals surface area (Å²) in [7, 11) is 1.54. The first-order valence-electron chi connectivity index (χ1n) is 6.16. The summed E-state index contributed by atoms with van der Waals surface area (Å²) in [5, 5.41) is 2.79. The number of allylic oxidation sites excluding steroid dienone is 3. The maximum atomic E-state index is 11.1. The molecule has 0 saturated heterocycles. The lowest BCUT2D eigenvalue weighted by Gasteiger charge is -2.26. The van der Waals surface area contributed by atoms with Crippen molar-refractivity contribution in [1.29, 1.82) is 0 Å². The van der Waals surface area contributed by atoms with E-state index in [-0.39, 0.29) is 0 Å². The van der Waals surface area contributed by atoms with Crippen LogP contribution in [0.4, 0.5) is 0 Å². The molecule has 0 saturated carbocycles. The number of methoxy groups -OCH3 is 1. The summed E-state index contributed by atoms with van der Waals surface area (Å²) in [6, 6.07) is 3.19. The largest absolute Gasteiger partial charge is 0.366 e. The van der Waals surface area contributed by atoms with Gasteiger partial charge >= 0.3 is 6.35 Å². The molecule has 2 rings (SSSR count). The molecule has 0 radical (unpaired) electrons. The monoisotopic (exact) mass is 287 g/mol. The number of rotatable bonds is 5. The number of amides is 1. The van der Waals surface area contributed by atoms with Crippen molar-refractivity contribution in [1.82, 2.24) is 4.90 Å². The van der Waals surface area contributed by atoms with Crippen LogP contribution in [0.1, 0.15) is 16.7 Å². The third-order valence-electron chi connectivity index (χ3n) is 2.95. The number of carbonyl (C=O) groups excluding carboxylic acids is 1. The van der Waals surface area contributed by atoms with Gasteiger partial charge < -0.3 is 10.5 Å². The fourth-order valence-corrected chi connectivity index (χ4v) is 1.96. The SMILES string of the molecule is COC(N1C=CC=C/C1=C\N=O)[n+]1ccc(C(N)=O)cc1. The summed E-state index contributed by atoms with van der Waals surface area (Å²) in [5.41, 5.74) is 6.20. The number of ether oxygens (including phenoxy) is 1. The van der Waals surface area contributed by atoms with E-state index in [9.17, 15) is 9.70 Å². The third-order valence-corrected chi connectivity index (χ3v) is 2.95. The van der Waals surface area contributed by atoms with Gasteiger partial charge in [0.05, 0.1) is 17.5 Å². The minimum absolute atomic E-state index is 0.403. The number of aromatic nitrogens is 1. The summed E-state index contributed by atoms with van der Waals surface area (Å²) < 4.78 is 7.19. The zero-order valence-corrected chi connectivity index (χ0v) is 11.4. The van der Waals surface area contributed by atoms with Crippen LogP contribution in [0.3, 0.4) is 0 Å². The van der Waals surface area contributed by atoms with E-state index in [1.165, 1.54) is 13.3 Å². The fraction of sp³-hybridized carbons (Fsp3) is 0.143. The molecule has 0 fully saturated rings. The zero-order valence-electron chi connectivity index (χ0n) is 11.4. The van der Waals surface area contributed by atoms with E-state index in [0.717, 1.165) is 0 Å². The first-order chi connectivity index (χ1) is 10.2. The van der Waals surface area contributed by atoms with Crippen LogP contribution < -0.4 is 10.3 Å². The first kappa shape index (κ1) is 14.6. The molecule has 7 nitrogen and oxygen atoms in total. The van der Waals surface area contributed by atoms with Crippen molar-refractivity contribution in [3.8, 4) is 0 Å². The maximum Gasteiger partial charge on any atom is 0.351 e. The summed E-state index contributed by atoms with van der Waals surface area (Å²) in [6.07, 6.45) is 11.1. The van der Waals surface area contributed by atoms with E-state index in [0.29, 0.717) is 11.3 Å². The summed E-state index contributed by atoms with van der Waals surface area (Å²) in [5.74, 6) is -0.498. The van der Waals surface area contributed by atoms with Gasteiger partial charge in [-0.15, -0.1) is 4.91 Å². The lowest BCUT2D eigenvalue weighted by Crippen LogP contribution is -2.48. The van der Waals surface area contributed by atoms with E-state index in [4.69, 9.17) is 10.5 Å². The number of nitroso groups, excluding NO2 is 1. The highest BCUT2D eigenvalue weighted by Crippen LogP contribution is 2.20. The van der Waals surface area contributed by atoms with Gasteiger partial charge in [0, 0.05) is 25.4 Å². The number of carbonyl (C=O) groups is 1. The third kappa shape index (κ3) is 3.21. The Morgan fingerprint density at radius 2 is 2.14 bits per heavy atom. The van der Waals surface area contributed by atoms with Crippen LogP contribution in [0.15, 0.2) is 66.0 Å². The highest BCUT2D eigenvalue weighted by atomic mass is 16.5. The second kappa shape index (κ2) is 6.58. The van der Waals surface area contributed by atoms with Gasteiger partial charge in [-0.05, 0) is 17.3 Å². The Morgan fingerprint density at radius 3 is 2.71 bits per heavy atom. The van der Waals surface area contributed by atoms with Crippen LogP contribution in [0.2, 0.25) is 0 Å². The summed E-state index contributed by atoms with van der Waals surface area (Å²) in [4.78, 5) is 23.3. The Bertz CT molecular complexity index is 620. The van der Waals surface area contributed by atoms with E-state index in [2.05, 4.69) is 5.18 Å². The smallest absolute Gasteiger partial charge is 0.351 e. The van der Waals surface area contributed by atoms with Gasteiger partial charge in [0.1, 0.15) is 0 Å². The van der Waals surface area contributed by atoms with E-state index in [1.54, 1.807) is 52.3 Å². The predicted molar refractivity (Wildman–Crippen MR) is 75.2 cm³/mol. The molecule has 1 aromatic heterocycles. The Morgan fingerprint density at radius 1 is 1.43 bits per heavy atom. The minimum atomic E-state index is -0.527. The first-order valence-corrected chi connectivity index (χ1v) is 6.16. The Kier molecular flexibility index (Phi) is 4.57. The Balaban J connectivity index is 2.32. The Hall–Kier alpha value is -2.80. The second-order valence-electron chi connectivity index (χ2n) is 4.23. The molecule has 1 aliphatic heterocycles. The summed E-state index contributed by atoms with van der Waals surface area (Å²) >= 11 is 0. The van der Waals surface area contributed by atoms with Gasteiger partial charge in [0.2, 0.25) is 5.91 Å². The van der Waals surface area contributed by atoms with Gasteiger partial charge in [-0.25, -0.2) is 0 Å². The topological polar surface area (TPSA) is 88.9 Å². The molecule has 0 aromatic carbocycles. The van der Waals surface area contributed by atoms with Crippen molar-refractivity contribution in [2.24, 2.45) is 10.9 Å². The van der Waals surface area contributed by atoms with Crippen molar-refractivity contribution in [3.05, 3.63) is 71.3 Å². The van der Waals surface area contributed by atoms with Gasteiger partial charge in [-0.1, -0.05) is 6.08 Å². The normalized spacial score (nSPS) is 17.0. The molecular weight excluding hydrogens is 272 g/mol. The van der Waals surface area contributed by atoms with Crippen molar-refractivity contribution in [2.45, 2.75) is 6.35 Å². The molecule has 0 spiro atoms. The number of hydrogen-bond acceptors (Lipinski definition) is 5. The molecule has 2 N–H and O–H groups in total. The van der Waals surface area contributed by atoms with E-state index < -0.39 is 12.3 Å². The quantitative estimate of drug-likeness (QED) is 0.650. The van der Waals surface area contributed by atoms with Crippen molar-refractivity contribution in [3.63, 3.8) is 0 Å². The van der Waals surface area contributed by atoms with Gasteiger partial charge in [-0.2, -0.15) is 4.57 Å². The zero-order chi connectivity index (χ0) is 15.2. The number of primary amides is 1. The molecule has 1 unspecified atom stereocenters. The molecule has 1 aromatic rings. The van der Waals surface area contributed by atoms with Crippen LogP contribution in [-0.2, 0) is 4.74 Å². The molecule has 1 amide bonds. The standard InChI is InChI=1S/C14H14N4O3/c1-21-14(17-8-5-11(6-9-17)13(15)19)18-7-3-2-4-12(18)10-16-20/h2-10,14H,1H3,(H-,15,19)/p+1/b12-10+. The maximum absolute atomic E-state index is 11.1. The molecule has 1 aliphatic rings. The van der Waals surface area contributed by atoms with E-state index in [1.807, 2.05) is 6.08 Å². The fourth-order valence-electron chi connectivity index (χ4n) is 1.96. The molecule has 21 heavy (non-hydrogen) atoms. The van der Waals surface area contributed by atoms with Gasteiger partial charge in [-0.3, -0.25) is 9.69 Å². The van der Waals surface area contributed by atoms with Crippen molar-refractivity contribution < 1.29 is 14.1 Å². The van der Waals surface area contributed by atoms with Crippen LogP contribution in [0.5, 0.6) is 0 Å². The Labute approximate surface area is 121 Å². The molecule has 2 heterocycles. The molecule has 0 aliphatic carbocycles. The lowest BCUT2D eigenvalue weighted by molar-refractivity contribution is -0.779. The number of hydrogen-bond donors (Lipinski definition) is 1. The molecule has 7 heteroatoms. The summed E-state index contributed by atoms with van der Waals surface area (Å²) in [6.45, 7) is 0. The average Bonchev–Trinajstić information content (AvgIpc) is 2.50. The lowest BCUT2D eigenvalue weighted by atomic mass is 10.2. The number of nitrogens with zero attached hydrogens (tertiary/aromatic N) is 3. The predicted octanol–water partition coefficient (Wildman–Crippen LogP) is 1.17. The molecule has 108 valence electrons. The van der Waals surface area contributed by atoms with Crippen LogP contribution >= 0.6 is 0 Å². The van der Waals surface area contributed by atoms with Crippen LogP contribution in [0.25, 0.3) is 0 Å². The highest BCUT2D eigenvalue weighted by Gasteiger charge is 2.27. The van der Waals surface area contributed by atoms with Crippen molar-refractivity contribution >= 4 is 5.91 Å². The van der Waals surface area contributed by atoms with Crippen LogP contribution in [-0.4, -0.2) is 17.9 Å². The molecular formula is C14H15N4O3+. The van der Waals surface area contributed by atoms with Crippen molar-refractivity contribution in [2.75, 3.05) is 7.11 Å². The minimum Gasteiger partial charge on any atom is -0.366 e. The molecule has 0 bridgehead atoms. The molecule has 1 atom stereocenters. The highest BCUT2D eigenvalue weighted by molar-refractivity contribution is 5.92. The number of pyridine rings is 1. The van der Waals surface area contributed by atoms with Gasteiger partial charge in [0.15, 0.2) is 12.4 Å². The second-order valence-corrected chi connectivity index (χ2v) is 4.23. The average molecular weight is 287 g/mol. The van der Waals surface area contributed by atoms with Gasteiger partial charge in [0.25, 0.3) is 0 Å².